The number of anilines is 1. The van der Waals surface area contributed by atoms with E-state index in [0.29, 0.717) is 11.6 Å². The van der Waals surface area contributed by atoms with E-state index < -0.39 is 0 Å². The van der Waals surface area contributed by atoms with Crippen LogP contribution in [0.25, 0.3) is 0 Å². The third-order valence-corrected chi connectivity index (χ3v) is 4.72. The Bertz CT molecular complexity index is 754. The van der Waals surface area contributed by atoms with Gasteiger partial charge in [-0.25, -0.2) is 4.79 Å². The highest BCUT2D eigenvalue weighted by atomic mass is 35.5. The molecule has 2 aromatic carbocycles. The Balaban J connectivity index is 1.46. The Labute approximate surface area is 165 Å². The molecule has 0 spiro atoms. The SMILES string of the molecule is C=CCN1CCN(C(=O)Nc2ccc(OCc3ccc(Cl)cc3)cc2)CC1. The number of nitrogens with one attached hydrogen (secondary N) is 1. The normalized spacial score (nSPS) is 14.6. The highest BCUT2D eigenvalue weighted by Crippen LogP contribution is 2.18. The number of rotatable bonds is 6. The summed E-state index contributed by atoms with van der Waals surface area (Å²) in [6.07, 6.45) is 1.90. The maximum Gasteiger partial charge on any atom is 0.321 e. The number of carbonyl (C=O) groups is 1. The molecule has 1 saturated heterocycles. The highest BCUT2D eigenvalue weighted by Gasteiger charge is 2.20. The van der Waals surface area contributed by atoms with E-state index in [9.17, 15) is 4.79 Å². The molecule has 0 bridgehead atoms. The van der Waals surface area contributed by atoms with E-state index in [1.807, 2.05) is 59.5 Å². The predicted molar refractivity (Wildman–Crippen MR) is 109 cm³/mol. The minimum atomic E-state index is -0.0666. The van der Waals surface area contributed by atoms with Gasteiger partial charge in [0.2, 0.25) is 0 Å². The quantitative estimate of drug-likeness (QED) is 0.756. The zero-order valence-electron chi connectivity index (χ0n) is 15.2. The molecular weight excluding hydrogens is 362 g/mol. The first kappa shape index (κ1) is 19.3. The number of ether oxygens (including phenoxy) is 1. The maximum absolute atomic E-state index is 12.4. The van der Waals surface area contributed by atoms with Gasteiger partial charge in [-0.3, -0.25) is 4.90 Å². The first-order chi connectivity index (χ1) is 13.1. The number of hydrogen-bond donors (Lipinski definition) is 1. The summed E-state index contributed by atoms with van der Waals surface area (Å²) in [6, 6.07) is 14.9. The van der Waals surface area contributed by atoms with Crippen molar-refractivity contribution in [2.45, 2.75) is 6.61 Å². The largest absolute Gasteiger partial charge is 0.489 e. The fourth-order valence-corrected chi connectivity index (χ4v) is 3.03. The van der Waals surface area contributed by atoms with E-state index in [1.165, 1.54) is 0 Å². The first-order valence-electron chi connectivity index (χ1n) is 9.00. The van der Waals surface area contributed by atoms with Gasteiger partial charge < -0.3 is 15.0 Å². The number of hydrogen-bond acceptors (Lipinski definition) is 3. The predicted octanol–water partition coefficient (Wildman–Crippen LogP) is 4.25. The molecule has 1 fully saturated rings. The lowest BCUT2D eigenvalue weighted by Gasteiger charge is -2.34. The van der Waals surface area contributed by atoms with Crippen LogP contribution in [0, 0.1) is 0 Å². The Morgan fingerprint density at radius 3 is 2.37 bits per heavy atom. The van der Waals surface area contributed by atoms with E-state index in [0.717, 1.165) is 49.7 Å². The number of halogens is 1. The minimum Gasteiger partial charge on any atom is -0.489 e. The van der Waals surface area contributed by atoms with Gasteiger partial charge in [-0.2, -0.15) is 0 Å². The molecule has 1 aliphatic heterocycles. The van der Waals surface area contributed by atoms with Gasteiger partial charge in [0.1, 0.15) is 12.4 Å². The molecule has 1 aliphatic rings. The Morgan fingerprint density at radius 2 is 1.74 bits per heavy atom. The third-order valence-electron chi connectivity index (χ3n) is 4.47. The molecule has 1 heterocycles. The number of piperazine rings is 1. The van der Waals surface area contributed by atoms with E-state index in [-0.39, 0.29) is 6.03 Å². The van der Waals surface area contributed by atoms with Crippen LogP contribution in [0.3, 0.4) is 0 Å². The molecule has 27 heavy (non-hydrogen) atoms. The van der Waals surface area contributed by atoms with Crippen LogP contribution >= 0.6 is 11.6 Å². The van der Waals surface area contributed by atoms with Gasteiger partial charge in [-0.05, 0) is 42.0 Å². The van der Waals surface area contributed by atoms with Crippen molar-refractivity contribution in [2.24, 2.45) is 0 Å². The molecule has 0 unspecified atom stereocenters. The van der Waals surface area contributed by atoms with Crippen molar-refractivity contribution in [1.82, 2.24) is 9.80 Å². The molecule has 0 aliphatic carbocycles. The molecule has 0 atom stereocenters. The van der Waals surface area contributed by atoms with Crippen LogP contribution < -0.4 is 10.1 Å². The van der Waals surface area contributed by atoms with Crippen LogP contribution in [0.4, 0.5) is 10.5 Å². The zero-order chi connectivity index (χ0) is 19.1. The summed E-state index contributed by atoms with van der Waals surface area (Å²) in [5, 5.41) is 3.65. The van der Waals surface area contributed by atoms with Gasteiger partial charge in [0.15, 0.2) is 0 Å². The monoisotopic (exact) mass is 385 g/mol. The smallest absolute Gasteiger partial charge is 0.321 e. The van der Waals surface area contributed by atoms with Crippen LogP contribution in [-0.4, -0.2) is 48.6 Å². The molecule has 2 amide bonds. The lowest BCUT2D eigenvalue weighted by molar-refractivity contribution is 0.156. The van der Waals surface area contributed by atoms with Gasteiger partial charge in [0.05, 0.1) is 0 Å². The van der Waals surface area contributed by atoms with Crippen molar-refractivity contribution in [3.63, 3.8) is 0 Å². The standard InChI is InChI=1S/C21H24ClN3O2/c1-2-11-24-12-14-25(15-13-24)21(26)23-19-7-9-20(10-8-19)27-16-17-3-5-18(22)6-4-17/h2-10H,1,11-16H2,(H,23,26). The highest BCUT2D eigenvalue weighted by molar-refractivity contribution is 6.30. The summed E-state index contributed by atoms with van der Waals surface area (Å²) in [7, 11) is 0. The van der Waals surface area contributed by atoms with Gasteiger partial charge in [-0.1, -0.05) is 29.8 Å². The van der Waals surface area contributed by atoms with Crippen LogP contribution in [0.15, 0.2) is 61.2 Å². The summed E-state index contributed by atoms with van der Waals surface area (Å²) in [6.45, 7) is 8.29. The van der Waals surface area contributed by atoms with Gasteiger partial charge in [-0.15, -0.1) is 6.58 Å². The zero-order valence-corrected chi connectivity index (χ0v) is 16.0. The molecule has 0 aromatic heterocycles. The molecule has 0 radical (unpaired) electrons. The Hall–Kier alpha value is -2.50. The molecule has 3 rings (SSSR count). The third kappa shape index (κ3) is 5.74. The van der Waals surface area contributed by atoms with Crippen molar-refractivity contribution in [1.29, 1.82) is 0 Å². The van der Waals surface area contributed by atoms with Crippen molar-refractivity contribution < 1.29 is 9.53 Å². The topological polar surface area (TPSA) is 44.8 Å². The number of nitrogens with zero attached hydrogens (tertiary/aromatic N) is 2. The van der Waals surface area contributed by atoms with Gasteiger partial charge in [0, 0.05) is 43.4 Å². The Kier molecular flexibility index (Phi) is 6.74. The maximum atomic E-state index is 12.4. The molecule has 0 saturated carbocycles. The minimum absolute atomic E-state index is 0.0666. The second-order valence-electron chi connectivity index (χ2n) is 6.45. The lowest BCUT2D eigenvalue weighted by atomic mass is 10.2. The molecule has 6 heteroatoms. The molecule has 5 nitrogen and oxygen atoms in total. The average Bonchev–Trinajstić information content (AvgIpc) is 2.69. The molecule has 142 valence electrons. The summed E-state index contributed by atoms with van der Waals surface area (Å²) in [5.41, 5.74) is 1.81. The van der Waals surface area contributed by atoms with E-state index >= 15 is 0 Å². The molecular formula is C21H24ClN3O2. The van der Waals surface area contributed by atoms with Crippen LogP contribution in [0.5, 0.6) is 5.75 Å². The average molecular weight is 386 g/mol. The van der Waals surface area contributed by atoms with E-state index in [1.54, 1.807) is 0 Å². The second kappa shape index (κ2) is 9.44. The molecule has 1 N–H and O–H groups in total. The molecule has 2 aromatic rings. The number of carbonyl (C=O) groups excluding carboxylic acids is 1. The van der Waals surface area contributed by atoms with Crippen LogP contribution in [0.2, 0.25) is 5.02 Å². The van der Waals surface area contributed by atoms with Gasteiger partial charge >= 0.3 is 6.03 Å². The number of urea groups is 1. The van der Waals surface area contributed by atoms with Crippen LogP contribution in [-0.2, 0) is 6.61 Å². The van der Waals surface area contributed by atoms with Crippen LogP contribution in [0.1, 0.15) is 5.56 Å². The summed E-state index contributed by atoms with van der Waals surface area (Å²) in [5.74, 6) is 0.751. The van der Waals surface area contributed by atoms with Crippen molar-refractivity contribution in [2.75, 3.05) is 38.0 Å². The van der Waals surface area contributed by atoms with Crippen molar-refractivity contribution in [3.8, 4) is 5.75 Å². The fraction of sp³-hybridized carbons (Fsp3) is 0.286. The van der Waals surface area contributed by atoms with Gasteiger partial charge in [0.25, 0.3) is 0 Å². The fourth-order valence-electron chi connectivity index (χ4n) is 2.90. The number of amides is 2. The van der Waals surface area contributed by atoms with E-state index in [2.05, 4.69) is 16.8 Å². The first-order valence-corrected chi connectivity index (χ1v) is 9.38. The summed E-state index contributed by atoms with van der Waals surface area (Å²) in [4.78, 5) is 16.5. The summed E-state index contributed by atoms with van der Waals surface area (Å²) >= 11 is 5.88. The Morgan fingerprint density at radius 1 is 1.07 bits per heavy atom. The number of benzene rings is 2. The van der Waals surface area contributed by atoms with E-state index in [4.69, 9.17) is 16.3 Å². The van der Waals surface area contributed by atoms with Crippen molar-refractivity contribution in [3.05, 3.63) is 71.8 Å². The van der Waals surface area contributed by atoms with Crippen molar-refractivity contribution >= 4 is 23.3 Å². The summed E-state index contributed by atoms with van der Waals surface area (Å²) < 4.78 is 5.76. The second-order valence-corrected chi connectivity index (χ2v) is 6.88. The lowest BCUT2D eigenvalue weighted by Crippen LogP contribution is -2.49.